The number of carbonyl (C=O) groups excluding carboxylic acids is 2. The second-order valence-corrected chi connectivity index (χ2v) is 7.65. The van der Waals surface area contributed by atoms with Gasteiger partial charge >= 0.3 is 0 Å². The van der Waals surface area contributed by atoms with Crippen LogP contribution in [0, 0.1) is 0 Å². The van der Waals surface area contributed by atoms with Crippen molar-refractivity contribution in [2.45, 2.75) is 38.6 Å². The molecule has 2 aromatic rings. The van der Waals surface area contributed by atoms with Gasteiger partial charge in [0.15, 0.2) is 0 Å². The topological polar surface area (TPSA) is 49.9 Å². The number of rotatable bonds is 2. The van der Waals surface area contributed by atoms with Crippen molar-refractivity contribution in [3.8, 4) is 5.75 Å². The van der Waals surface area contributed by atoms with Gasteiger partial charge in [-0.1, -0.05) is 42.5 Å². The maximum atomic E-state index is 12.9. The number of amides is 2. The van der Waals surface area contributed by atoms with Crippen LogP contribution >= 0.6 is 0 Å². The van der Waals surface area contributed by atoms with Crippen LogP contribution in [0.4, 0.5) is 0 Å². The third kappa shape index (κ3) is 5.59. The van der Waals surface area contributed by atoms with E-state index in [9.17, 15) is 9.59 Å². The van der Waals surface area contributed by atoms with E-state index in [-0.39, 0.29) is 17.9 Å². The Kier molecular flexibility index (Phi) is 7.28. The highest BCUT2D eigenvalue weighted by molar-refractivity contribution is 5.96. The van der Waals surface area contributed by atoms with Crippen molar-refractivity contribution in [1.29, 1.82) is 0 Å². The molecule has 5 heteroatoms. The lowest BCUT2D eigenvalue weighted by Gasteiger charge is -2.31. The predicted molar refractivity (Wildman–Crippen MR) is 114 cm³/mol. The SMILES string of the molecule is CC(=O)N1CCCCCN(C)C(=O)c2ccccc2OC[C@@H]1Cc1ccccc1. The van der Waals surface area contributed by atoms with Crippen molar-refractivity contribution in [1.82, 2.24) is 9.80 Å². The summed E-state index contributed by atoms with van der Waals surface area (Å²) in [5.74, 6) is 0.610. The van der Waals surface area contributed by atoms with Crippen molar-refractivity contribution in [3.05, 3.63) is 65.7 Å². The number of hydrogen-bond acceptors (Lipinski definition) is 3. The second kappa shape index (κ2) is 10.1. The van der Waals surface area contributed by atoms with Gasteiger partial charge in [0.25, 0.3) is 5.91 Å². The Morgan fingerprint density at radius 3 is 2.45 bits per heavy atom. The largest absolute Gasteiger partial charge is 0.491 e. The Morgan fingerprint density at radius 1 is 1.00 bits per heavy atom. The van der Waals surface area contributed by atoms with Gasteiger partial charge in [0, 0.05) is 27.1 Å². The van der Waals surface area contributed by atoms with E-state index in [1.54, 1.807) is 11.8 Å². The number of ether oxygens (including phenoxy) is 1. The van der Waals surface area contributed by atoms with Gasteiger partial charge in [-0.05, 0) is 43.4 Å². The Morgan fingerprint density at radius 2 is 1.69 bits per heavy atom. The number of carbonyl (C=O) groups is 2. The van der Waals surface area contributed by atoms with Crippen LogP contribution in [0.1, 0.15) is 42.1 Å². The first-order valence-corrected chi connectivity index (χ1v) is 10.3. The zero-order chi connectivity index (χ0) is 20.6. The van der Waals surface area contributed by atoms with Crippen LogP contribution in [0.5, 0.6) is 5.75 Å². The highest BCUT2D eigenvalue weighted by Crippen LogP contribution is 2.22. The van der Waals surface area contributed by atoms with Gasteiger partial charge in [0.1, 0.15) is 12.4 Å². The lowest BCUT2D eigenvalue weighted by molar-refractivity contribution is -0.131. The van der Waals surface area contributed by atoms with Crippen LogP contribution in [0.2, 0.25) is 0 Å². The Hall–Kier alpha value is -2.82. The lowest BCUT2D eigenvalue weighted by atomic mass is 10.0. The molecule has 1 aliphatic rings. The van der Waals surface area contributed by atoms with E-state index in [0.29, 0.717) is 31.0 Å². The van der Waals surface area contributed by atoms with Crippen molar-refractivity contribution in [3.63, 3.8) is 0 Å². The third-order valence-corrected chi connectivity index (χ3v) is 5.45. The summed E-state index contributed by atoms with van der Waals surface area (Å²) in [5, 5.41) is 0. The van der Waals surface area contributed by atoms with E-state index in [0.717, 1.165) is 25.7 Å². The molecule has 0 unspecified atom stereocenters. The van der Waals surface area contributed by atoms with Crippen molar-refractivity contribution >= 4 is 11.8 Å². The van der Waals surface area contributed by atoms with Crippen LogP contribution < -0.4 is 4.74 Å². The standard InChI is InChI=1S/C24H30N2O3/c1-19(27)26-16-10-4-9-15-25(2)24(28)22-13-7-8-14-23(22)29-18-21(26)17-20-11-5-3-6-12-20/h3,5-8,11-14,21H,4,9-10,15-18H2,1-2H3/t21-/m0/s1. The average Bonchev–Trinajstić information content (AvgIpc) is 2.74. The molecule has 3 rings (SSSR count). The van der Waals surface area contributed by atoms with Crippen molar-refractivity contribution in [2.75, 3.05) is 26.7 Å². The van der Waals surface area contributed by atoms with Crippen molar-refractivity contribution < 1.29 is 14.3 Å². The molecule has 154 valence electrons. The monoisotopic (exact) mass is 394 g/mol. The number of benzene rings is 2. The van der Waals surface area contributed by atoms with Crippen molar-refractivity contribution in [2.24, 2.45) is 0 Å². The van der Waals surface area contributed by atoms with E-state index < -0.39 is 0 Å². The minimum Gasteiger partial charge on any atom is -0.491 e. The maximum absolute atomic E-state index is 12.9. The van der Waals surface area contributed by atoms with Gasteiger partial charge < -0.3 is 14.5 Å². The first-order chi connectivity index (χ1) is 14.1. The Bertz CT molecular complexity index is 822. The normalized spacial score (nSPS) is 18.7. The summed E-state index contributed by atoms with van der Waals surface area (Å²) in [6, 6.07) is 17.4. The van der Waals surface area contributed by atoms with Gasteiger partial charge in [-0.2, -0.15) is 0 Å². The summed E-state index contributed by atoms with van der Waals surface area (Å²) >= 11 is 0. The number of hydrogen-bond donors (Lipinski definition) is 0. The summed E-state index contributed by atoms with van der Waals surface area (Å²) in [5.41, 5.74) is 1.74. The molecule has 0 aliphatic carbocycles. The molecular formula is C24H30N2O3. The number of nitrogens with zero attached hydrogens (tertiary/aromatic N) is 2. The van der Waals surface area contributed by atoms with Gasteiger partial charge in [0.05, 0.1) is 11.6 Å². The van der Waals surface area contributed by atoms with Crippen LogP contribution in [-0.2, 0) is 11.2 Å². The van der Waals surface area contributed by atoms with Gasteiger partial charge in [0.2, 0.25) is 5.91 Å². The molecule has 2 amide bonds. The van der Waals surface area contributed by atoms with E-state index in [4.69, 9.17) is 4.74 Å². The first kappa shape index (κ1) is 20.9. The number of fused-ring (bicyclic) bond motifs is 1. The molecule has 1 heterocycles. The average molecular weight is 395 g/mol. The highest BCUT2D eigenvalue weighted by Gasteiger charge is 2.24. The van der Waals surface area contributed by atoms with E-state index in [1.807, 2.05) is 54.4 Å². The summed E-state index contributed by atoms with van der Waals surface area (Å²) in [6.07, 6.45) is 3.53. The van der Waals surface area contributed by atoms with Gasteiger partial charge in [-0.3, -0.25) is 9.59 Å². The summed E-state index contributed by atoms with van der Waals surface area (Å²) in [7, 11) is 1.83. The summed E-state index contributed by atoms with van der Waals surface area (Å²) in [4.78, 5) is 29.0. The molecule has 0 saturated carbocycles. The quantitative estimate of drug-likeness (QED) is 0.779. The molecule has 0 radical (unpaired) electrons. The van der Waals surface area contributed by atoms with Crippen LogP contribution in [0.15, 0.2) is 54.6 Å². The third-order valence-electron chi connectivity index (χ3n) is 5.45. The molecular weight excluding hydrogens is 364 g/mol. The summed E-state index contributed by atoms with van der Waals surface area (Å²) < 4.78 is 6.14. The zero-order valence-corrected chi connectivity index (χ0v) is 17.3. The van der Waals surface area contributed by atoms with Gasteiger partial charge in [-0.25, -0.2) is 0 Å². The van der Waals surface area contributed by atoms with Crippen LogP contribution in [-0.4, -0.2) is 54.4 Å². The van der Waals surface area contributed by atoms with E-state index in [2.05, 4.69) is 12.1 Å². The van der Waals surface area contributed by atoms with Crippen LogP contribution in [0.3, 0.4) is 0 Å². The van der Waals surface area contributed by atoms with Crippen LogP contribution in [0.25, 0.3) is 0 Å². The summed E-state index contributed by atoms with van der Waals surface area (Å²) in [6.45, 7) is 3.37. The minimum atomic E-state index is -0.0865. The smallest absolute Gasteiger partial charge is 0.257 e. The molecule has 2 aromatic carbocycles. The predicted octanol–water partition coefficient (Wildman–Crippen LogP) is 3.78. The Labute approximate surface area is 173 Å². The fourth-order valence-corrected chi connectivity index (χ4v) is 3.81. The maximum Gasteiger partial charge on any atom is 0.257 e. The molecule has 0 spiro atoms. The first-order valence-electron chi connectivity index (χ1n) is 10.3. The van der Waals surface area contributed by atoms with E-state index >= 15 is 0 Å². The molecule has 0 fully saturated rings. The fraction of sp³-hybridized carbons (Fsp3) is 0.417. The molecule has 0 aromatic heterocycles. The molecule has 0 saturated heterocycles. The zero-order valence-electron chi connectivity index (χ0n) is 17.3. The molecule has 1 aliphatic heterocycles. The lowest BCUT2D eigenvalue weighted by Crippen LogP contribution is -2.44. The van der Waals surface area contributed by atoms with Gasteiger partial charge in [-0.15, -0.1) is 0 Å². The highest BCUT2D eigenvalue weighted by atomic mass is 16.5. The fourth-order valence-electron chi connectivity index (χ4n) is 3.81. The molecule has 1 atom stereocenters. The molecule has 0 bridgehead atoms. The Balaban J connectivity index is 1.89. The molecule has 5 nitrogen and oxygen atoms in total. The van der Waals surface area contributed by atoms with E-state index in [1.165, 1.54) is 5.56 Å². The number of para-hydroxylation sites is 1. The second-order valence-electron chi connectivity index (χ2n) is 7.65. The molecule has 29 heavy (non-hydrogen) atoms. The minimum absolute atomic E-state index is 0.0251. The molecule has 0 N–H and O–H groups in total.